The topological polar surface area (TPSA) is 80.5 Å². The molecule has 1 aliphatic rings. The lowest BCUT2D eigenvalue weighted by Gasteiger charge is -2.31. The number of piperidine rings is 1. The monoisotopic (exact) mass is 372 g/mol. The van der Waals surface area contributed by atoms with E-state index in [1.807, 2.05) is 42.2 Å². The third-order valence-electron chi connectivity index (χ3n) is 4.65. The van der Waals surface area contributed by atoms with Crippen LogP contribution in [0.5, 0.6) is 0 Å². The van der Waals surface area contributed by atoms with Crippen LogP contribution in [0.2, 0.25) is 0 Å². The summed E-state index contributed by atoms with van der Waals surface area (Å²) in [6.07, 6.45) is 3.46. The molecule has 1 aliphatic heterocycles. The number of ether oxygens (including phenoxy) is 1. The number of hydrogen-bond donors (Lipinski definition) is 1. The molecule has 1 fully saturated rings. The first-order valence-corrected chi connectivity index (χ1v) is 9.73. The summed E-state index contributed by atoms with van der Waals surface area (Å²) >= 11 is 0. The fourth-order valence-electron chi connectivity index (χ4n) is 3.17. The molecule has 7 heteroatoms. The molecule has 1 aromatic carbocycles. The second-order valence-electron chi connectivity index (χ2n) is 6.85. The molecule has 0 radical (unpaired) electrons. The number of carbonyl (C=O) groups excluding carboxylic acids is 1. The van der Waals surface area contributed by atoms with E-state index in [0.29, 0.717) is 44.4 Å². The van der Waals surface area contributed by atoms with E-state index in [4.69, 9.17) is 9.26 Å². The molecule has 2 aromatic rings. The van der Waals surface area contributed by atoms with Crippen LogP contribution in [0.4, 0.5) is 4.79 Å². The number of benzene rings is 1. The third kappa shape index (κ3) is 5.79. The molecule has 0 saturated carbocycles. The van der Waals surface area contributed by atoms with Crippen molar-refractivity contribution in [3.8, 4) is 0 Å². The maximum atomic E-state index is 12.2. The Hall–Kier alpha value is -2.41. The first kappa shape index (κ1) is 19.4. The van der Waals surface area contributed by atoms with E-state index < -0.39 is 0 Å². The van der Waals surface area contributed by atoms with Gasteiger partial charge in [-0.15, -0.1) is 0 Å². The molecule has 7 nitrogen and oxygen atoms in total. The van der Waals surface area contributed by atoms with Crippen molar-refractivity contribution in [3.05, 3.63) is 47.6 Å². The lowest BCUT2D eigenvalue weighted by Crippen LogP contribution is -2.45. The van der Waals surface area contributed by atoms with Gasteiger partial charge in [0, 0.05) is 26.1 Å². The van der Waals surface area contributed by atoms with Gasteiger partial charge in [0.2, 0.25) is 5.89 Å². The Bertz CT molecular complexity index is 704. The maximum absolute atomic E-state index is 12.2. The summed E-state index contributed by atoms with van der Waals surface area (Å²) in [5.74, 6) is 1.39. The maximum Gasteiger partial charge on any atom is 0.317 e. The standard InChI is InChI=1S/C20H28N4O3/c1-2-11-21-20(25)24-12-6-9-17(14-24)19-22-18(23-27-19)10-13-26-15-16-7-4-3-5-8-16/h3-5,7-8,17H,2,6,9-15H2,1H3,(H,21,25). The van der Waals surface area contributed by atoms with Crippen molar-refractivity contribution >= 4 is 6.03 Å². The van der Waals surface area contributed by atoms with Crippen LogP contribution >= 0.6 is 0 Å². The third-order valence-corrected chi connectivity index (χ3v) is 4.65. The first-order valence-electron chi connectivity index (χ1n) is 9.73. The van der Waals surface area contributed by atoms with Gasteiger partial charge in [0.05, 0.1) is 19.1 Å². The van der Waals surface area contributed by atoms with Gasteiger partial charge in [-0.05, 0) is 24.8 Å². The molecule has 1 atom stereocenters. The highest BCUT2D eigenvalue weighted by molar-refractivity contribution is 5.74. The summed E-state index contributed by atoms with van der Waals surface area (Å²) in [7, 11) is 0. The lowest BCUT2D eigenvalue weighted by atomic mass is 9.98. The van der Waals surface area contributed by atoms with Gasteiger partial charge in [-0.2, -0.15) is 4.98 Å². The van der Waals surface area contributed by atoms with E-state index in [-0.39, 0.29) is 11.9 Å². The molecule has 27 heavy (non-hydrogen) atoms. The molecule has 0 spiro atoms. The van der Waals surface area contributed by atoms with Gasteiger partial charge in [0.25, 0.3) is 0 Å². The van der Waals surface area contributed by atoms with Crippen molar-refractivity contribution in [3.63, 3.8) is 0 Å². The van der Waals surface area contributed by atoms with E-state index >= 15 is 0 Å². The van der Waals surface area contributed by atoms with Crippen molar-refractivity contribution in [1.29, 1.82) is 0 Å². The first-order chi connectivity index (χ1) is 13.3. The Balaban J connectivity index is 1.44. The van der Waals surface area contributed by atoms with Gasteiger partial charge in [0.1, 0.15) is 0 Å². The summed E-state index contributed by atoms with van der Waals surface area (Å²) in [4.78, 5) is 18.5. The van der Waals surface area contributed by atoms with Crippen molar-refractivity contribution in [2.24, 2.45) is 0 Å². The zero-order chi connectivity index (χ0) is 18.9. The van der Waals surface area contributed by atoms with Crippen LogP contribution in [0.15, 0.2) is 34.9 Å². The fourth-order valence-corrected chi connectivity index (χ4v) is 3.17. The Morgan fingerprint density at radius 1 is 1.37 bits per heavy atom. The summed E-state index contributed by atoms with van der Waals surface area (Å²) < 4.78 is 11.1. The summed E-state index contributed by atoms with van der Waals surface area (Å²) in [6, 6.07) is 10.1. The number of aromatic nitrogens is 2. The summed E-state index contributed by atoms with van der Waals surface area (Å²) in [5.41, 5.74) is 1.15. The fraction of sp³-hybridized carbons (Fsp3) is 0.550. The van der Waals surface area contributed by atoms with Gasteiger partial charge in [0.15, 0.2) is 5.82 Å². The van der Waals surface area contributed by atoms with E-state index in [2.05, 4.69) is 15.5 Å². The summed E-state index contributed by atoms with van der Waals surface area (Å²) in [6.45, 7) is 5.28. The highest BCUT2D eigenvalue weighted by Crippen LogP contribution is 2.25. The number of likely N-dealkylation sites (tertiary alicyclic amines) is 1. The number of amides is 2. The van der Waals surface area contributed by atoms with Crippen LogP contribution < -0.4 is 5.32 Å². The van der Waals surface area contributed by atoms with Gasteiger partial charge < -0.3 is 19.5 Å². The second-order valence-corrected chi connectivity index (χ2v) is 6.85. The Labute approximate surface area is 160 Å². The van der Waals surface area contributed by atoms with E-state index in [1.54, 1.807) is 0 Å². The van der Waals surface area contributed by atoms with Gasteiger partial charge in [-0.3, -0.25) is 0 Å². The number of carbonyl (C=O) groups is 1. The molecule has 146 valence electrons. The SMILES string of the molecule is CCCNC(=O)N1CCCC(c2nc(CCOCc3ccccc3)no2)C1. The molecule has 2 heterocycles. The van der Waals surface area contributed by atoms with Crippen LogP contribution in [0.1, 0.15) is 49.4 Å². The molecule has 1 aromatic heterocycles. The van der Waals surface area contributed by atoms with Crippen LogP contribution in [0.3, 0.4) is 0 Å². The van der Waals surface area contributed by atoms with Crippen LogP contribution in [0, 0.1) is 0 Å². The molecule has 2 amide bonds. The number of nitrogens with one attached hydrogen (secondary N) is 1. The minimum absolute atomic E-state index is 0.00407. The largest absolute Gasteiger partial charge is 0.376 e. The highest BCUT2D eigenvalue weighted by Gasteiger charge is 2.28. The van der Waals surface area contributed by atoms with Gasteiger partial charge in [-0.1, -0.05) is 42.4 Å². The Morgan fingerprint density at radius 3 is 3.04 bits per heavy atom. The normalized spacial score (nSPS) is 17.1. The van der Waals surface area contributed by atoms with Crippen molar-refractivity contribution in [1.82, 2.24) is 20.4 Å². The molecule has 1 N–H and O–H groups in total. The quantitative estimate of drug-likeness (QED) is 0.720. The van der Waals surface area contributed by atoms with E-state index in [1.165, 1.54) is 0 Å². The molecule has 3 rings (SSSR count). The van der Waals surface area contributed by atoms with Gasteiger partial charge in [-0.25, -0.2) is 4.79 Å². The molecule has 0 aliphatic carbocycles. The highest BCUT2D eigenvalue weighted by atomic mass is 16.5. The number of rotatable bonds is 8. The average Bonchev–Trinajstić information content (AvgIpc) is 3.19. The van der Waals surface area contributed by atoms with E-state index in [9.17, 15) is 4.79 Å². The minimum atomic E-state index is -0.00407. The second kappa shape index (κ2) is 10.1. The van der Waals surface area contributed by atoms with Crippen molar-refractivity contribution in [2.75, 3.05) is 26.2 Å². The predicted molar refractivity (Wildman–Crippen MR) is 101 cm³/mol. The summed E-state index contributed by atoms with van der Waals surface area (Å²) in [5, 5.41) is 7.00. The Kier molecular flexibility index (Phi) is 7.21. The number of nitrogens with zero attached hydrogens (tertiary/aromatic N) is 3. The molecule has 1 unspecified atom stereocenters. The molecule has 1 saturated heterocycles. The van der Waals surface area contributed by atoms with Crippen LogP contribution in [-0.2, 0) is 17.8 Å². The predicted octanol–water partition coefficient (Wildman–Crippen LogP) is 3.13. The number of hydrogen-bond acceptors (Lipinski definition) is 5. The minimum Gasteiger partial charge on any atom is -0.376 e. The average molecular weight is 372 g/mol. The zero-order valence-corrected chi connectivity index (χ0v) is 15.9. The van der Waals surface area contributed by atoms with Gasteiger partial charge >= 0.3 is 6.03 Å². The molecular formula is C20H28N4O3. The van der Waals surface area contributed by atoms with E-state index in [0.717, 1.165) is 31.4 Å². The zero-order valence-electron chi connectivity index (χ0n) is 15.9. The number of urea groups is 1. The van der Waals surface area contributed by atoms with Crippen LogP contribution in [-0.4, -0.2) is 47.3 Å². The van der Waals surface area contributed by atoms with Crippen LogP contribution in [0.25, 0.3) is 0 Å². The van der Waals surface area contributed by atoms with Crippen molar-refractivity contribution in [2.45, 2.75) is 45.1 Å². The Morgan fingerprint density at radius 2 is 2.22 bits per heavy atom. The smallest absolute Gasteiger partial charge is 0.317 e. The molecular weight excluding hydrogens is 344 g/mol. The van der Waals surface area contributed by atoms with Crippen molar-refractivity contribution < 1.29 is 14.1 Å². The molecule has 0 bridgehead atoms. The lowest BCUT2D eigenvalue weighted by molar-refractivity contribution is 0.122.